The molecule has 1 aliphatic heterocycles. The number of urea groups is 1. The second-order valence-corrected chi connectivity index (χ2v) is 9.58. The molecule has 1 fully saturated rings. The molecule has 0 bridgehead atoms. The van der Waals surface area contributed by atoms with E-state index in [1.165, 1.54) is 0 Å². The van der Waals surface area contributed by atoms with Crippen molar-refractivity contribution in [3.63, 3.8) is 0 Å². The Balaban J connectivity index is 1.52. The highest BCUT2D eigenvalue weighted by Gasteiger charge is 2.54. The summed E-state index contributed by atoms with van der Waals surface area (Å²) < 4.78 is 7.01. The molecule has 1 aliphatic rings. The summed E-state index contributed by atoms with van der Waals surface area (Å²) >= 11 is 0. The van der Waals surface area contributed by atoms with Gasteiger partial charge in [0.15, 0.2) is 17.1 Å². The molecule has 3 heterocycles. The van der Waals surface area contributed by atoms with Gasteiger partial charge >= 0.3 is 6.03 Å². The molecule has 0 spiro atoms. The molecule has 8 nitrogen and oxygen atoms in total. The quantitative estimate of drug-likeness (QED) is 0.309. The molecule has 1 N–H and O–H groups in total. The van der Waals surface area contributed by atoms with Crippen molar-refractivity contribution in [2.24, 2.45) is 0 Å². The van der Waals surface area contributed by atoms with E-state index in [1.807, 2.05) is 73.9 Å². The van der Waals surface area contributed by atoms with Crippen LogP contribution in [0.4, 0.5) is 4.79 Å². The summed E-state index contributed by atoms with van der Waals surface area (Å²) in [6.07, 6.45) is 0. The lowest BCUT2D eigenvalue weighted by Gasteiger charge is -2.28. The zero-order valence-corrected chi connectivity index (χ0v) is 21.5. The Labute approximate surface area is 214 Å². The Bertz CT molecular complexity index is 1550. The van der Waals surface area contributed by atoms with Gasteiger partial charge in [0.2, 0.25) is 0 Å². The number of carbonyl (C=O) groups is 3. The zero-order valence-electron chi connectivity index (χ0n) is 21.5. The van der Waals surface area contributed by atoms with Gasteiger partial charge in [-0.2, -0.15) is 0 Å². The Morgan fingerprint density at radius 1 is 0.919 bits per heavy atom. The van der Waals surface area contributed by atoms with Gasteiger partial charge in [-0.15, -0.1) is 0 Å². The average molecular weight is 497 g/mol. The van der Waals surface area contributed by atoms with Gasteiger partial charge in [0.25, 0.3) is 5.91 Å². The Morgan fingerprint density at radius 3 is 2.30 bits per heavy atom. The number of aryl methyl sites for hydroxylation is 4. The molecule has 3 amide bonds. The monoisotopic (exact) mass is 496 g/mol. The van der Waals surface area contributed by atoms with Crippen LogP contribution in [0.5, 0.6) is 0 Å². The van der Waals surface area contributed by atoms with Crippen LogP contribution in [0.3, 0.4) is 0 Å². The van der Waals surface area contributed by atoms with Gasteiger partial charge in [0.1, 0.15) is 5.76 Å². The van der Waals surface area contributed by atoms with Gasteiger partial charge < -0.3 is 9.84 Å². The number of nitrogens with one attached hydrogen (secondary N) is 1. The van der Waals surface area contributed by atoms with Gasteiger partial charge in [0.05, 0.1) is 6.54 Å². The number of benzene rings is 2. The topological polar surface area (TPSA) is 97.4 Å². The van der Waals surface area contributed by atoms with Crippen molar-refractivity contribution >= 4 is 17.7 Å². The SMILES string of the molecule is Cc1cc(-n2c(C)cc(C(=O)CN3C(=O)NC(c4ccccc4)(c4ccc(C)c(C)c4)C3=O)c2C)no1. The maximum Gasteiger partial charge on any atom is 0.325 e. The first-order valence-corrected chi connectivity index (χ1v) is 12.1. The smallest absolute Gasteiger partial charge is 0.325 e. The van der Waals surface area contributed by atoms with Crippen LogP contribution in [0.1, 0.15) is 49.8 Å². The number of hydrogen-bond donors (Lipinski definition) is 1. The minimum Gasteiger partial charge on any atom is -0.360 e. The number of hydrogen-bond acceptors (Lipinski definition) is 5. The molecule has 4 aromatic rings. The minimum absolute atomic E-state index is 0.341. The van der Waals surface area contributed by atoms with E-state index in [2.05, 4.69) is 10.5 Å². The fourth-order valence-corrected chi connectivity index (χ4v) is 5.03. The Hall–Kier alpha value is -4.46. The lowest BCUT2D eigenvalue weighted by atomic mass is 9.81. The third-order valence-corrected chi connectivity index (χ3v) is 7.13. The summed E-state index contributed by atoms with van der Waals surface area (Å²) in [7, 11) is 0. The Morgan fingerprint density at radius 2 is 1.65 bits per heavy atom. The maximum atomic E-state index is 14.0. The fraction of sp³-hybridized carbons (Fsp3) is 0.241. The molecule has 1 atom stereocenters. The average Bonchev–Trinajstić information content (AvgIpc) is 3.51. The van der Waals surface area contributed by atoms with Crippen molar-refractivity contribution in [3.8, 4) is 5.82 Å². The molecule has 1 saturated heterocycles. The van der Waals surface area contributed by atoms with Crippen LogP contribution in [-0.2, 0) is 10.3 Å². The largest absolute Gasteiger partial charge is 0.360 e. The van der Waals surface area contributed by atoms with Gasteiger partial charge in [-0.1, -0.05) is 53.7 Å². The number of aromatic nitrogens is 2. The summed E-state index contributed by atoms with van der Waals surface area (Å²) in [5.74, 6) is 0.394. The number of nitrogens with zero attached hydrogens (tertiary/aromatic N) is 3. The highest BCUT2D eigenvalue weighted by Crippen LogP contribution is 2.37. The van der Waals surface area contributed by atoms with E-state index in [4.69, 9.17) is 4.52 Å². The summed E-state index contributed by atoms with van der Waals surface area (Å²) in [5, 5.41) is 6.98. The van der Waals surface area contributed by atoms with Crippen molar-refractivity contribution < 1.29 is 18.9 Å². The second-order valence-electron chi connectivity index (χ2n) is 9.58. The van der Waals surface area contributed by atoms with E-state index >= 15 is 0 Å². The summed E-state index contributed by atoms with van der Waals surface area (Å²) in [5.41, 5.74) is 3.80. The van der Waals surface area contributed by atoms with Gasteiger partial charge in [0, 0.05) is 23.0 Å². The van der Waals surface area contributed by atoms with Crippen LogP contribution in [0, 0.1) is 34.6 Å². The number of rotatable bonds is 6. The number of amides is 3. The Kier molecular flexibility index (Phi) is 5.82. The second kappa shape index (κ2) is 8.89. The third kappa shape index (κ3) is 3.85. The van der Waals surface area contributed by atoms with E-state index in [0.29, 0.717) is 34.0 Å². The maximum absolute atomic E-state index is 14.0. The number of imide groups is 1. The molecule has 2 aromatic carbocycles. The first kappa shape index (κ1) is 24.2. The van der Waals surface area contributed by atoms with Gasteiger partial charge in [-0.25, -0.2) is 4.79 Å². The molecule has 8 heteroatoms. The molecule has 0 radical (unpaired) electrons. The molecule has 188 valence electrons. The van der Waals surface area contributed by atoms with Crippen LogP contribution < -0.4 is 5.32 Å². The highest BCUT2D eigenvalue weighted by molar-refractivity contribution is 6.13. The first-order chi connectivity index (χ1) is 17.6. The van der Waals surface area contributed by atoms with Crippen molar-refractivity contribution in [2.75, 3.05) is 6.54 Å². The summed E-state index contributed by atoms with van der Waals surface area (Å²) in [6.45, 7) is 9.04. The number of Topliss-reactive ketones (excluding diaryl/α,β-unsaturated/α-hetero) is 1. The van der Waals surface area contributed by atoms with Crippen LogP contribution in [-0.4, -0.2) is 38.9 Å². The molecular formula is C29H28N4O4. The standard InChI is InChI=1S/C29H28N4O4/c1-17-11-12-23(13-18(17)2)29(22-9-7-6-8-10-22)27(35)32(28(36)30-29)16-25(34)24-14-19(3)33(21(24)5)26-15-20(4)37-31-26/h6-15H,16H2,1-5H3,(H,30,36). The molecular weight excluding hydrogens is 468 g/mol. The van der Waals surface area contributed by atoms with Crippen LogP contribution in [0.25, 0.3) is 5.82 Å². The minimum atomic E-state index is -1.42. The first-order valence-electron chi connectivity index (χ1n) is 12.1. The highest BCUT2D eigenvalue weighted by atomic mass is 16.5. The van der Waals surface area contributed by atoms with E-state index in [0.717, 1.165) is 21.7 Å². The van der Waals surface area contributed by atoms with Crippen LogP contribution in [0.15, 0.2) is 65.2 Å². The molecule has 0 aliphatic carbocycles. The van der Waals surface area contributed by atoms with E-state index in [1.54, 1.807) is 26.0 Å². The number of ketones is 1. The van der Waals surface area contributed by atoms with Crippen LogP contribution in [0.2, 0.25) is 0 Å². The van der Waals surface area contributed by atoms with Crippen LogP contribution >= 0.6 is 0 Å². The van der Waals surface area contributed by atoms with E-state index < -0.39 is 17.5 Å². The lowest BCUT2D eigenvalue weighted by Crippen LogP contribution is -2.45. The van der Waals surface area contributed by atoms with E-state index in [-0.39, 0.29) is 12.3 Å². The molecule has 1 unspecified atom stereocenters. The van der Waals surface area contributed by atoms with Crippen molar-refractivity contribution in [1.29, 1.82) is 0 Å². The van der Waals surface area contributed by atoms with E-state index in [9.17, 15) is 14.4 Å². The zero-order chi connectivity index (χ0) is 26.5. The van der Waals surface area contributed by atoms with Gasteiger partial charge in [-0.3, -0.25) is 19.1 Å². The molecule has 2 aromatic heterocycles. The third-order valence-electron chi connectivity index (χ3n) is 7.13. The fourth-order valence-electron chi connectivity index (χ4n) is 5.03. The molecule has 0 saturated carbocycles. The number of carbonyl (C=O) groups excluding carboxylic acids is 3. The summed E-state index contributed by atoms with van der Waals surface area (Å²) in [4.78, 5) is 41.8. The molecule has 5 rings (SSSR count). The predicted molar refractivity (Wildman–Crippen MR) is 138 cm³/mol. The van der Waals surface area contributed by atoms with Crippen molar-refractivity contribution in [2.45, 2.75) is 40.2 Å². The normalized spacial score (nSPS) is 17.4. The molecule has 37 heavy (non-hydrogen) atoms. The van der Waals surface area contributed by atoms with Gasteiger partial charge in [-0.05, 0) is 62.9 Å². The predicted octanol–water partition coefficient (Wildman–Crippen LogP) is 4.69. The van der Waals surface area contributed by atoms with Crippen molar-refractivity contribution in [1.82, 2.24) is 19.9 Å². The lowest BCUT2D eigenvalue weighted by molar-refractivity contribution is -0.129. The summed E-state index contributed by atoms with van der Waals surface area (Å²) in [6, 6.07) is 17.7. The van der Waals surface area contributed by atoms with Crippen molar-refractivity contribution in [3.05, 3.63) is 106 Å².